The Morgan fingerprint density at radius 3 is 2.36 bits per heavy atom. The summed E-state index contributed by atoms with van der Waals surface area (Å²) < 4.78 is 5.36. The molecule has 0 saturated heterocycles. The molecule has 0 aliphatic carbocycles. The molecule has 0 bridgehead atoms. The molecule has 11 heavy (non-hydrogen) atoms. The molecule has 0 spiro atoms. The first-order valence-corrected chi connectivity index (χ1v) is 4.48. The van der Waals surface area contributed by atoms with E-state index in [1.807, 2.05) is 6.92 Å². The second kappa shape index (κ2) is 6.62. The summed E-state index contributed by atoms with van der Waals surface area (Å²) in [4.78, 5) is 0. The van der Waals surface area contributed by atoms with Crippen LogP contribution in [0, 0.1) is 0 Å². The van der Waals surface area contributed by atoms with Crippen molar-refractivity contribution < 1.29 is 9.84 Å². The standard InChI is InChI=1S/C9H20O2/c1-4-5-6-7-11-9(3)8(2)10/h8-10H,4-7H2,1-3H3. The average Bonchev–Trinajstić information content (AvgIpc) is 1.97. The molecule has 0 rings (SSSR count). The minimum absolute atomic E-state index is 0.0214. The second-order valence-electron chi connectivity index (χ2n) is 3.02. The van der Waals surface area contributed by atoms with Gasteiger partial charge in [-0.2, -0.15) is 0 Å². The number of unbranched alkanes of at least 4 members (excludes halogenated alkanes) is 2. The topological polar surface area (TPSA) is 29.5 Å². The summed E-state index contributed by atoms with van der Waals surface area (Å²) in [6.07, 6.45) is 3.16. The van der Waals surface area contributed by atoms with Crippen molar-refractivity contribution in [3.8, 4) is 0 Å². The number of rotatable bonds is 6. The largest absolute Gasteiger partial charge is 0.391 e. The van der Waals surface area contributed by atoms with Gasteiger partial charge in [0.2, 0.25) is 0 Å². The van der Waals surface area contributed by atoms with Gasteiger partial charge in [-0.1, -0.05) is 19.8 Å². The van der Waals surface area contributed by atoms with Crippen LogP contribution in [0.5, 0.6) is 0 Å². The first-order valence-electron chi connectivity index (χ1n) is 4.48. The minimum Gasteiger partial charge on any atom is -0.391 e. The van der Waals surface area contributed by atoms with Crippen LogP contribution in [0.25, 0.3) is 0 Å². The van der Waals surface area contributed by atoms with Crippen LogP contribution in [-0.2, 0) is 4.74 Å². The van der Waals surface area contributed by atoms with Crippen molar-refractivity contribution in [3.63, 3.8) is 0 Å². The maximum Gasteiger partial charge on any atom is 0.0803 e. The number of ether oxygens (including phenoxy) is 1. The molecule has 0 amide bonds. The Bertz CT molecular complexity index is 81.6. The first kappa shape index (κ1) is 10.9. The fourth-order valence-electron chi connectivity index (χ4n) is 0.761. The Morgan fingerprint density at radius 2 is 1.91 bits per heavy atom. The third kappa shape index (κ3) is 6.32. The maximum atomic E-state index is 9.05. The van der Waals surface area contributed by atoms with Crippen molar-refractivity contribution in [2.75, 3.05) is 6.61 Å². The van der Waals surface area contributed by atoms with Crippen molar-refractivity contribution >= 4 is 0 Å². The summed E-state index contributed by atoms with van der Waals surface area (Å²) in [5.74, 6) is 0. The van der Waals surface area contributed by atoms with Crippen LogP contribution in [0.4, 0.5) is 0 Å². The highest BCUT2D eigenvalue weighted by Gasteiger charge is 2.07. The van der Waals surface area contributed by atoms with Crippen molar-refractivity contribution in [1.82, 2.24) is 0 Å². The van der Waals surface area contributed by atoms with E-state index in [4.69, 9.17) is 9.84 Å². The monoisotopic (exact) mass is 160 g/mol. The number of hydrogen-bond donors (Lipinski definition) is 1. The molecular weight excluding hydrogens is 140 g/mol. The van der Waals surface area contributed by atoms with E-state index in [0.717, 1.165) is 13.0 Å². The van der Waals surface area contributed by atoms with Gasteiger partial charge in [0.05, 0.1) is 12.2 Å². The molecule has 0 fully saturated rings. The highest BCUT2D eigenvalue weighted by atomic mass is 16.5. The van der Waals surface area contributed by atoms with Crippen LogP contribution in [0.2, 0.25) is 0 Å². The zero-order chi connectivity index (χ0) is 8.69. The summed E-state index contributed by atoms with van der Waals surface area (Å²) in [6, 6.07) is 0. The number of aliphatic hydroxyl groups is 1. The van der Waals surface area contributed by atoms with E-state index in [0.29, 0.717) is 0 Å². The minimum atomic E-state index is -0.350. The summed E-state index contributed by atoms with van der Waals surface area (Å²) >= 11 is 0. The predicted octanol–water partition coefficient (Wildman–Crippen LogP) is 1.96. The van der Waals surface area contributed by atoms with Crippen molar-refractivity contribution in [3.05, 3.63) is 0 Å². The SMILES string of the molecule is CCCCCOC(C)C(C)O. The van der Waals surface area contributed by atoms with Gasteiger partial charge in [0.1, 0.15) is 0 Å². The number of aliphatic hydroxyl groups excluding tert-OH is 1. The van der Waals surface area contributed by atoms with E-state index in [2.05, 4.69) is 6.92 Å². The smallest absolute Gasteiger partial charge is 0.0803 e. The van der Waals surface area contributed by atoms with Crippen LogP contribution >= 0.6 is 0 Å². The van der Waals surface area contributed by atoms with E-state index in [-0.39, 0.29) is 12.2 Å². The lowest BCUT2D eigenvalue weighted by molar-refractivity contribution is -0.0193. The molecule has 2 unspecified atom stereocenters. The Balaban J connectivity index is 3.10. The summed E-state index contributed by atoms with van der Waals surface area (Å²) in [5.41, 5.74) is 0. The quantitative estimate of drug-likeness (QED) is 0.602. The Morgan fingerprint density at radius 1 is 1.27 bits per heavy atom. The van der Waals surface area contributed by atoms with Crippen molar-refractivity contribution in [1.29, 1.82) is 0 Å². The number of hydrogen-bond acceptors (Lipinski definition) is 2. The highest BCUT2D eigenvalue weighted by Crippen LogP contribution is 2.00. The molecular formula is C9H20O2. The molecule has 0 heterocycles. The molecule has 2 heteroatoms. The zero-order valence-corrected chi connectivity index (χ0v) is 7.84. The van der Waals surface area contributed by atoms with E-state index in [9.17, 15) is 0 Å². The van der Waals surface area contributed by atoms with Gasteiger partial charge in [0.15, 0.2) is 0 Å². The third-order valence-electron chi connectivity index (χ3n) is 1.81. The Kier molecular flexibility index (Phi) is 6.57. The van der Waals surface area contributed by atoms with Gasteiger partial charge in [-0.3, -0.25) is 0 Å². The summed E-state index contributed by atoms with van der Waals surface area (Å²) in [7, 11) is 0. The predicted molar refractivity (Wildman–Crippen MR) is 46.6 cm³/mol. The maximum absolute atomic E-state index is 9.05. The Labute approximate surface area is 69.6 Å². The van der Waals surface area contributed by atoms with Gasteiger partial charge in [-0.15, -0.1) is 0 Å². The van der Waals surface area contributed by atoms with Crippen LogP contribution in [0.15, 0.2) is 0 Å². The summed E-state index contributed by atoms with van der Waals surface area (Å²) in [6.45, 7) is 6.60. The molecule has 0 aromatic rings. The molecule has 0 aromatic carbocycles. The zero-order valence-electron chi connectivity index (χ0n) is 7.84. The molecule has 2 nitrogen and oxygen atoms in total. The van der Waals surface area contributed by atoms with Crippen LogP contribution in [0.1, 0.15) is 40.0 Å². The van der Waals surface area contributed by atoms with Crippen LogP contribution in [-0.4, -0.2) is 23.9 Å². The van der Waals surface area contributed by atoms with Crippen molar-refractivity contribution in [2.45, 2.75) is 52.2 Å². The van der Waals surface area contributed by atoms with E-state index >= 15 is 0 Å². The lowest BCUT2D eigenvalue weighted by atomic mass is 10.2. The van der Waals surface area contributed by atoms with Gasteiger partial charge >= 0.3 is 0 Å². The molecule has 0 aromatic heterocycles. The lowest BCUT2D eigenvalue weighted by Gasteiger charge is -2.15. The van der Waals surface area contributed by atoms with E-state index in [1.54, 1.807) is 6.92 Å². The Hall–Kier alpha value is -0.0800. The van der Waals surface area contributed by atoms with Gasteiger partial charge in [-0.05, 0) is 20.3 Å². The summed E-state index contributed by atoms with van der Waals surface area (Å²) in [5, 5.41) is 9.05. The highest BCUT2D eigenvalue weighted by molar-refractivity contribution is 4.56. The van der Waals surface area contributed by atoms with E-state index in [1.165, 1.54) is 12.8 Å². The lowest BCUT2D eigenvalue weighted by Crippen LogP contribution is -2.22. The molecule has 0 aliphatic rings. The molecule has 2 atom stereocenters. The van der Waals surface area contributed by atoms with Gasteiger partial charge < -0.3 is 9.84 Å². The fraction of sp³-hybridized carbons (Fsp3) is 1.00. The molecule has 1 N–H and O–H groups in total. The van der Waals surface area contributed by atoms with Gasteiger partial charge in [0.25, 0.3) is 0 Å². The van der Waals surface area contributed by atoms with Crippen LogP contribution in [0.3, 0.4) is 0 Å². The molecule has 0 radical (unpaired) electrons. The average molecular weight is 160 g/mol. The first-order chi connectivity index (χ1) is 5.18. The molecule has 0 aliphatic heterocycles. The van der Waals surface area contributed by atoms with Crippen molar-refractivity contribution in [2.24, 2.45) is 0 Å². The second-order valence-corrected chi connectivity index (χ2v) is 3.02. The molecule has 0 saturated carbocycles. The van der Waals surface area contributed by atoms with Crippen LogP contribution < -0.4 is 0 Å². The van der Waals surface area contributed by atoms with E-state index < -0.39 is 0 Å². The van der Waals surface area contributed by atoms with Gasteiger partial charge in [0, 0.05) is 6.61 Å². The third-order valence-corrected chi connectivity index (χ3v) is 1.81. The normalized spacial score (nSPS) is 16.4. The van der Waals surface area contributed by atoms with Gasteiger partial charge in [-0.25, -0.2) is 0 Å². The molecule has 68 valence electrons. The fourth-order valence-corrected chi connectivity index (χ4v) is 0.761.